The molecular formula is C17H14N4OS2. The third-order valence-corrected chi connectivity index (χ3v) is 5.04. The Morgan fingerprint density at radius 1 is 1.38 bits per heavy atom. The molecule has 3 rings (SSSR count). The monoisotopic (exact) mass is 354 g/mol. The van der Waals surface area contributed by atoms with Crippen molar-refractivity contribution in [2.24, 2.45) is 0 Å². The molecule has 2 aromatic heterocycles. The van der Waals surface area contributed by atoms with E-state index in [1.807, 2.05) is 26.0 Å². The van der Waals surface area contributed by atoms with Crippen LogP contribution in [0.2, 0.25) is 0 Å². The number of hydrogen-bond donors (Lipinski definition) is 1. The highest BCUT2D eigenvalue weighted by molar-refractivity contribution is 8.00. The standard InChI is InChI=1S/C17H14N4OS2/c1-10-5-11(2)15-12(6-10)7-13(8-18)16(21-15)24-9-14(22)20-17-19-3-4-23-17/h3-7H,9H2,1-2H3,(H,19,20,22). The summed E-state index contributed by atoms with van der Waals surface area (Å²) in [7, 11) is 0. The van der Waals surface area contributed by atoms with Gasteiger partial charge >= 0.3 is 0 Å². The Labute approximate surface area is 147 Å². The first-order chi connectivity index (χ1) is 11.6. The number of rotatable bonds is 4. The van der Waals surface area contributed by atoms with Gasteiger partial charge in [0.1, 0.15) is 11.1 Å². The topological polar surface area (TPSA) is 78.7 Å². The van der Waals surface area contributed by atoms with E-state index >= 15 is 0 Å². The van der Waals surface area contributed by atoms with Crippen LogP contribution < -0.4 is 5.32 Å². The number of thiazole rings is 1. The second kappa shape index (κ2) is 6.99. The van der Waals surface area contributed by atoms with Crippen LogP contribution in [-0.4, -0.2) is 21.6 Å². The average Bonchev–Trinajstić information content (AvgIpc) is 3.05. The molecule has 0 fully saturated rings. The zero-order chi connectivity index (χ0) is 17.1. The van der Waals surface area contributed by atoms with E-state index < -0.39 is 0 Å². The molecule has 0 atom stereocenters. The lowest BCUT2D eigenvalue weighted by molar-refractivity contribution is -0.113. The zero-order valence-electron chi connectivity index (χ0n) is 13.2. The van der Waals surface area contributed by atoms with Gasteiger partial charge < -0.3 is 5.32 Å². The van der Waals surface area contributed by atoms with Crippen molar-refractivity contribution < 1.29 is 4.79 Å². The lowest BCUT2D eigenvalue weighted by atomic mass is 10.1. The van der Waals surface area contributed by atoms with Crippen molar-refractivity contribution in [1.82, 2.24) is 9.97 Å². The fraction of sp³-hybridized carbons (Fsp3) is 0.176. The smallest absolute Gasteiger partial charge is 0.236 e. The highest BCUT2D eigenvalue weighted by atomic mass is 32.2. The van der Waals surface area contributed by atoms with Gasteiger partial charge in [-0.25, -0.2) is 9.97 Å². The van der Waals surface area contributed by atoms with Crippen LogP contribution >= 0.6 is 23.1 Å². The molecule has 0 radical (unpaired) electrons. The number of aryl methyl sites for hydroxylation is 2. The molecule has 7 heteroatoms. The van der Waals surface area contributed by atoms with Gasteiger partial charge in [-0.2, -0.15) is 5.26 Å². The fourth-order valence-electron chi connectivity index (χ4n) is 2.40. The maximum Gasteiger partial charge on any atom is 0.236 e. The number of thioether (sulfide) groups is 1. The molecule has 0 aliphatic rings. The molecule has 3 aromatic rings. The average molecular weight is 354 g/mol. The number of fused-ring (bicyclic) bond motifs is 1. The predicted octanol–water partition coefficient (Wildman–Crippen LogP) is 3.91. The first-order valence-corrected chi connectivity index (χ1v) is 9.07. The van der Waals surface area contributed by atoms with Gasteiger partial charge in [-0.1, -0.05) is 23.4 Å². The number of nitrogens with one attached hydrogen (secondary N) is 1. The summed E-state index contributed by atoms with van der Waals surface area (Å²) in [4.78, 5) is 20.6. The Balaban J connectivity index is 1.83. The van der Waals surface area contributed by atoms with E-state index in [0.717, 1.165) is 22.0 Å². The van der Waals surface area contributed by atoms with Crippen molar-refractivity contribution >= 4 is 45.0 Å². The SMILES string of the molecule is Cc1cc(C)c2nc(SCC(=O)Nc3nccs3)c(C#N)cc2c1. The number of nitriles is 1. The fourth-order valence-corrected chi connectivity index (χ4v) is 3.70. The summed E-state index contributed by atoms with van der Waals surface area (Å²) in [6.45, 7) is 4.02. The van der Waals surface area contributed by atoms with Crippen molar-refractivity contribution in [1.29, 1.82) is 5.26 Å². The van der Waals surface area contributed by atoms with Gasteiger partial charge in [-0.3, -0.25) is 4.79 Å². The van der Waals surface area contributed by atoms with Crippen LogP contribution in [0.1, 0.15) is 16.7 Å². The summed E-state index contributed by atoms with van der Waals surface area (Å²) >= 11 is 2.63. The van der Waals surface area contributed by atoms with Crippen LogP contribution in [0.25, 0.3) is 10.9 Å². The van der Waals surface area contributed by atoms with Gasteiger partial charge in [0.05, 0.1) is 16.8 Å². The Kier molecular flexibility index (Phi) is 4.79. The van der Waals surface area contributed by atoms with E-state index in [2.05, 4.69) is 27.4 Å². The van der Waals surface area contributed by atoms with E-state index in [1.54, 1.807) is 11.6 Å². The van der Waals surface area contributed by atoms with Crippen LogP contribution in [-0.2, 0) is 4.79 Å². The second-order valence-corrected chi connectivity index (χ2v) is 7.14. The molecule has 0 bridgehead atoms. The molecule has 0 aliphatic carbocycles. The number of carbonyl (C=O) groups is 1. The Hall–Kier alpha value is -2.43. The van der Waals surface area contributed by atoms with Gasteiger partial charge in [-0.05, 0) is 31.5 Å². The van der Waals surface area contributed by atoms with E-state index in [1.165, 1.54) is 23.1 Å². The summed E-state index contributed by atoms with van der Waals surface area (Å²) in [6.07, 6.45) is 1.64. The maximum absolute atomic E-state index is 12.0. The van der Waals surface area contributed by atoms with Crippen molar-refractivity contribution in [2.45, 2.75) is 18.9 Å². The zero-order valence-corrected chi connectivity index (χ0v) is 14.8. The Bertz CT molecular complexity index is 945. The Morgan fingerprint density at radius 3 is 2.92 bits per heavy atom. The number of nitrogens with zero attached hydrogens (tertiary/aromatic N) is 3. The van der Waals surface area contributed by atoms with Crippen LogP contribution in [0.3, 0.4) is 0 Å². The van der Waals surface area contributed by atoms with E-state index in [9.17, 15) is 10.1 Å². The number of hydrogen-bond acceptors (Lipinski definition) is 6. The molecule has 0 saturated carbocycles. The normalized spacial score (nSPS) is 10.5. The van der Waals surface area contributed by atoms with Crippen LogP contribution in [0.4, 0.5) is 5.13 Å². The van der Waals surface area contributed by atoms with E-state index in [-0.39, 0.29) is 11.7 Å². The third-order valence-electron chi connectivity index (χ3n) is 3.36. The van der Waals surface area contributed by atoms with Crippen LogP contribution in [0.15, 0.2) is 34.8 Å². The molecule has 0 saturated heterocycles. The summed E-state index contributed by atoms with van der Waals surface area (Å²) in [5.74, 6) is 0.0128. The molecule has 120 valence electrons. The highest BCUT2D eigenvalue weighted by Crippen LogP contribution is 2.27. The van der Waals surface area contributed by atoms with Crippen molar-refractivity contribution in [2.75, 3.05) is 11.1 Å². The number of amides is 1. The van der Waals surface area contributed by atoms with Crippen molar-refractivity contribution in [3.05, 3.63) is 46.5 Å². The summed E-state index contributed by atoms with van der Waals surface area (Å²) < 4.78 is 0. The molecule has 1 aromatic carbocycles. The third kappa shape index (κ3) is 3.55. The molecule has 2 heterocycles. The molecule has 0 spiro atoms. The summed E-state index contributed by atoms with van der Waals surface area (Å²) in [5.41, 5.74) is 3.54. The molecule has 1 N–H and O–H groups in total. The van der Waals surface area contributed by atoms with E-state index in [0.29, 0.717) is 15.7 Å². The minimum Gasteiger partial charge on any atom is -0.301 e. The van der Waals surface area contributed by atoms with E-state index in [4.69, 9.17) is 0 Å². The van der Waals surface area contributed by atoms with Crippen molar-refractivity contribution in [3.8, 4) is 6.07 Å². The minimum atomic E-state index is -0.165. The van der Waals surface area contributed by atoms with Crippen LogP contribution in [0, 0.1) is 25.2 Å². The number of carbonyl (C=O) groups excluding carboxylic acids is 1. The lowest BCUT2D eigenvalue weighted by Crippen LogP contribution is -2.14. The van der Waals surface area contributed by atoms with Gasteiger partial charge in [-0.15, -0.1) is 11.3 Å². The maximum atomic E-state index is 12.0. The van der Waals surface area contributed by atoms with Crippen molar-refractivity contribution in [3.63, 3.8) is 0 Å². The number of anilines is 1. The first kappa shape index (κ1) is 16.4. The van der Waals surface area contributed by atoms with Gasteiger partial charge in [0.2, 0.25) is 5.91 Å². The lowest BCUT2D eigenvalue weighted by Gasteiger charge is -2.08. The summed E-state index contributed by atoms with van der Waals surface area (Å²) in [5, 5.41) is 16.0. The summed E-state index contributed by atoms with van der Waals surface area (Å²) in [6, 6.07) is 8.08. The van der Waals surface area contributed by atoms with Gasteiger partial charge in [0, 0.05) is 17.0 Å². The van der Waals surface area contributed by atoms with Gasteiger partial charge in [0.15, 0.2) is 5.13 Å². The second-order valence-electron chi connectivity index (χ2n) is 5.28. The quantitative estimate of drug-likeness (QED) is 0.719. The number of benzene rings is 1. The number of pyridine rings is 1. The molecule has 0 unspecified atom stereocenters. The molecule has 1 amide bonds. The Morgan fingerprint density at radius 2 is 2.21 bits per heavy atom. The predicted molar refractivity (Wildman–Crippen MR) is 97.4 cm³/mol. The largest absolute Gasteiger partial charge is 0.301 e. The molecular weight excluding hydrogens is 340 g/mol. The van der Waals surface area contributed by atoms with Gasteiger partial charge in [0.25, 0.3) is 0 Å². The molecule has 24 heavy (non-hydrogen) atoms. The number of aromatic nitrogens is 2. The molecule has 0 aliphatic heterocycles. The minimum absolute atomic E-state index is 0.165. The molecule has 5 nitrogen and oxygen atoms in total. The first-order valence-electron chi connectivity index (χ1n) is 7.21. The van der Waals surface area contributed by atoms with Crippen LogP contribution in [0.5, 0.6) is 0 Å². The highest BCUT2D eigenvalue weighted by Gasteiger charge is 2.12.